The van der Waals surface area contributed by atoms with Crippen LogP contribution in [-0.4, -0.2) is 16.2 Å². The van der Waals surface area contributed by atoms with E-state index < -0.39 is 11.6 Å². The molecule has 0 radical (unpaired) electrons. The maximum Gasteiger partial charge on any atom is 0.306 e. The van der Waals surface area contributed by atoms with E-state index >= 15 is 0 Å². The number of aliphatic hydroxyl groups is 1. The third kappa shape index (κ3) is 4.21. The fourth-order valence-corrected chi connectivity index (χ4v) is 2.13. The number of rotatable bonds is 5. The summed E-state index contributed by atoms with van der Waals surface area (Å²) in [5.74, 6) is 0.124. The first-order valence-corrected chi connectivity index (χ1v) is 6.73. The van der Waals surface area contributed by atoms with E-state index in [0.717, 1.165) is 0 Å². The van der Waals surface area contributed by atoms with Gasteiger partial charge >= 0.3 is 5.97 Å². The molecule has 5 heteroatoms. The van der Waals surface area contributed by atoms with E-state index in [-0.39, 0.29) is 6.42 Å². The number of aliphatic carboxylic acids is 1. The highest BCUT2D eigenvalue weighted by Gasteiger charge is 2.26. The molecule has 110 valence electrons. The molecule has 0 aliphatic carbocycles. The van der Waals surface area contributed by atoms with Crippen LogP contribution in [0.2, 0.25) is 5.02 Å². The van der Waals surface area contributed by atoms with Crippen LogP contribution in [0.3, 0.4) is 0 Å². The summed E-state index contributed by atoms with van der Waals surface area (Å²) in [4.78, 5) is 10.7. The van der Waals surface area contributed by atoms with Gasteiger partial charge in [0.15, 0.2) is 0 Å². The van der Waals surface area contributed by atoms with Gasteiger partial charge in [0.2, 0.25) is 0 Å². The fourth-order valence-electron chi connectivity index (χ4n) is 1.95. The van der Waals surface area contributed by atoms with Gasteiger partial charge in [0.25, 0.3) is 0 Å². The van der Waals surface area contributed by atoms with Crippen LogP contribution in [0.1, 0.15) is 18.9 Å². The Bertz CT molecular complexity index is 635. The normalized spacial score (nSPS) is 13.5. The number of halogens is 1. The standard InChI is InChI=1S/C16H15ClO4/c1-16(20,10-15(18)19)11-5-7-13(8-6-11)21-14-4-2-3-12(17)9-14/h2-9,20H,10H2,1H3,(H,18,19). The summed E-state index contributed by atoms with van der Waals surface area (Å²) < 4.78 is 5.63. The number of benzene rings is 2. The zero-order chi connectivity index (χ0) is 15.5. The lowest BCUT2D eigenvalue weighted by molar-refractivity contribution is -0.142. The first-order chi connectivity index (χ1) is 9.87. The second-order valence-corrected chi connectivity index (χ2v) is 5.36. The lowest BCUT2D eigenvalue weighted by Crippen LogP contribution is -2.24. The summed E-state index contributed by atoms with van der Waals surface area (Å²) in [5.41, 5.74) is -0.899. The van der Waals surface area contributed by atoms with E-state index in [4.69, 9.17) is 21.4 Å². The average Bonchev–Trinajstić information content (AvgIpc) is 2.38. The minimum Gasteiger partial charge on any atom is -0.481 e. The molecule has 21 heavy (non-hydrogen) atoms. The maximum absolute atomic E-state index is 10.7. The van der Waals surface area contributed by atoms with Crippen molar-refractivity contribution in [3.63, 3.8) is 0 Å². The van der Waals surface area contributed by atoms with Crippen molar-refractivity contribution < 1.29 is 19.7 Å². The van der Waals surface area contributed by atoms with E-state index in [9.17, 15) is 9.90 Å². The van der Waals surface area contributed by atoms with Gasteiger partial charge in [0, 0.05) is 5.02 Å². The third-order valence-corrected chi connectivity index (χ3v) is 3.24. The SMILES string of the molecule is CC(O)(CC(=O)O)c1ccc(Oc2cccc(Cl)c2)cc1. The van der Waals surface area contributed by atoms with Gasteiger partial charge < -0.3 is 14.9 Å². The average molecular weight is 307 g/mol. The maximum atomic E-state index is 10.7. The molecular weight excluding hydrogens is 292 g/mol. The minimum atomic E-state index is -1.42. The number of carbonyl (C=O) groups is 1. The van der Waals surface area contributed by atoms with Gasteiger partial charge in [0.1, 0.15) is 11.5 Å². The smallest absolute Gasteiger partial charge is 0.306 e. The van der Waals surface area contributed by atoms with Gasteiger partial charge in [0.05, 0.1) is 12.0 Å². The number of carboxylic acids is 1. The van der Waals surface area contributed by atoms with Crippen LogP contribution < -0.4 is 4.74 Å². The largest absolute Gasteiger partial charge is 0.481 e. The Balaban J connectivity index is 2.14. The number of ether oxygens (including phenoxy) is 1. The Morgan fingerprint density at radius 3 is 2.43 bits per heavy atom. The molecule has 2 N–H and O–H groups in total. The molecule has 1 unspecified atom stereocenters. The minimum absolute atomic E-state index is 0.360. The Morgan fingerprint density at radius 1 is 1.19 bits per heavy atom. The lowest BCUT2D eigenvalue weighted by atomic mass is 9.93. The zero-order valence-corrected chi connectivity index (χ0v) is 12.2. The Kier molecular flexibility index (Phi) is 4.50. The highest BCUT2D eigenvalue weighted by Crippen LogP contribution is 2.29. The predicted octanol–water partition coefficient (Wildman–Crippen LogP) is 3.81. The van der Waals surface area contributed by atoms with Crippen LogP contribution in [0.25, 0.3) is 0 Å². The molecule has 0 aromatic heterocycles. The van der Waals surface area contributed by atoms with Crippen molar-refractivity contribution in [2.75, 3.05) is 0 Å². The van der Waals surface area contributed by atoms with Gasteiger partial charge in [-0.15, -0.1) is 0 Å². The molecule has 0 aliphatic heterocycles. The molecule has 2 aromatic rings. The zero-order valence-electron chi connectivity index (χ0n) is 11.4. The quantitative estimate of drug-likeness (QED) is 0.881. The topological polar surface area (TPSA) is 66.8 Å². The van der Waals surface area contributed by atoms with Crippen molar-refractivity contribution in [3.05, 3.63) is 59.1 Å². The summed E-state index contributed by atoms with van der Waals surface area (Å²) >= 11 is 5.88. The Morgan fingerprint density at radius 2 is 1.86 bits per heavy atom. The van der Waals surface area contributed by atoms with Gasteiger partial charge in [-0.05, 0) is 42.8 Å². The van der Waals surface area contributed by atoms with Crippen molar-refractivity contribution in [2.45, 2.75) is 18.9 Å². The Hall–Kier alpha value is -2.04. The van der Waals surface area contributed by atoms with E-state index in [0.29, 0.717) is 22.1 Å². The van der Waals surface area contributed by atoms with Crippen molar-refractivity contribution in [1.82, 2.24) is 0 Å². The van der Waals surface area contributed by atoms with Crippen molar-refractivity contribution in [1.29, 1.82) is 0 Å². The van der Waals surface area contributed by atoms with E-state index in [1.165, 1.54) is 6.92 Å². The lowest BCUT2D eigenvalue weighted by Gasteiger charge is -2.21. The van der Waals surface area contributed by atoms with Crippen LogP contribution in [0.5, 0.6) is 11.5 Å². The monoisotopic (exact) mass is 306 g/mol. The van der Waals surface area contributed by atoms with E-state index in [1.807, 2.05) is 0 Å². The van der Waals surface area contributed by atoms with Crippen molar-refractivity contribution in [3.8, 4) is 11.5 Å². The molecule has 0 spiro atoms. The van der Waals surface area contributed by atoms with Crippen molar-refractivity contribution >= 4 is 17.6 Å². The van der Waals surface area contributed by atoms with Crippen LogP contribution in [-0.2, 0) is 10.4 Å². The van der Waals surface area contributed by atoms with Gasteiger partial charge in [-0.1, -0.05) is 29.8 Å². The highest BCUT2D eigenvalue weighted by molar-refractivity contribution is 6.30. The van der Waals surface area contributed by atoms with Crippen molar-refractivity contribution in [2.24, 2.45) is 0 Å². The predicted molar refractivity (Wildman–Crippen MR) is 79.8 cm³/mol. The van der Waals surface area contributed by atoms with Gasteiger partial charge in [-0.3, -0.25) is 4.79 Å². The molecular formula is C16H15ClO4. The molecule has 0 amide bonds. The summed E-state index contributed by atoms with van der Waals surface area (Å²) in [6.45, 7) is 1.47. The molecule has 0 saturated carbocycles. The fraction of sp³-hybridized carbons (Fsp3) is 0.188. The van der Waals surface area contributed by atoms with E-state index in [1.54, 1.807) is 48.5 Å². The molecule has 4 nitrogen and oxygen atoms in total. The first-order valence-electron chi connectivity index (χ1n) is 6.35. The highest BCUT2D eigenvalue weighted by atomic mass is 35.5. The molecule has 0 saturated heterocycles. The summed E-state index contributed by atoms with van der Waals surface area (Å²) in [6.07, 6.45) is -0.360. The van der Waals surface area contributed by atoms with Gasteiger partial charge in [-0.2, -0.15) is 0 Å². The number of hydrogen-bond acceptors (Lipinski definition) is 3. The second kappa shape index (κ2) is 6.16. The van der Waals surface area contributed by atoms with Crippen LogP contribution in [0.4, 0.5) is 0 Å². The number of carboxylic acid groups (broad SMARTS) is 1. The summed E-state index contributed by atoms with van der Waals surface area (Å²) in [7, 11) is 0. The van der Waals surface area contributed by atoms with E-state index in [2.05, 4.69) is 0 Å². The van der Waals surface area contributed by atoms with Crippen LogP contribution >= 0.6 is 11.6 Å². The molecule has 2 rings (SSSR count). The molecule has 0 aliphatic rings. The molecule has 0 heterocycles. The summed E-state index contributed by atoms with van der Waals surface area (Å²) in [6, 6.07) is 13.6. The molecule has 0 fully saturated rings. The number of hydrogen-bond donors (Lipinski definition) is 2. The Labute approximate surface area is 127 Å². The first kappa shape index (κ1) is 15.4. The van der Waals surface area contributed by atoms with Crippen LogP contribution in [0, 0.1) is 0 Å². The van der Waals surface area contributed by atoms with Crippen LogP contribution in [0.15, 0.2) is 48.5 Å². The molecule has 0 bridgehead atoms. The third-order valence-electron chi connectivity index (χ3n) is 3.00. The summed E-state index contributed by atoms with van der Waals surface area (Å²) in [5, 5.41) is 19.5. The molecule has 2 aromatic carbocycles. The molecule has 1 atom stereocenters. The van der Waals surface area contributed by atoms with Gasteiger partial charge in [-0.25, -0.2) is 0 Å². The second-order valence-electron chi connectivity index (χ2n) is 4.93.